The van der Waals surface area contributed by atoms with Crippen LogP contribution >= 0.6 is 0 Å². The van der Waals surface area contributed by atoms with Crippen molar-refractivity contribution in [1.29, 1.82) is 5.26 Å². The van der Waals surface area contributed by atoms with E-state index in [1.54, 1.807) is 0 Å². The molecule has 0 spiro atoms. The molecule has 3 aromatic rings. The van der Waals surface area contributed by atoms with Gasteiger partial charge in [-0.15, -0.1) is 0 Å². The third-order valence-electron chi connectivity index (χ3n) is 6.65. The number of benzene rings is 1. The van der Waals surface area contributed by atoms with Crippen molar-refractivity contribution in [1.82, 2.24) is 19.8 Å². The lowest BCUT2D eigenvalue weighted by Crippen LogP contribution is -2.42. The maximum absolute atomic E-state index is 14.1. The average Bonchev–Trinajstić information content (AvgIpc) is 3.32. The van der Waals surface area contributed by atoms with Crippen molar-refractivity contribution in [2.45, 2.75) is 38.6 Å². The molecule has 14 heteroatoms. The third-order valence-corrected chi connectivity index (χ3v) is 8.35. The third kappa shape index (κ3) is 8.45. The molecule has 1 aromatic carbocycles. The molecule has 0 saturated carbocycles. The summed E-state index contributed by atoms with van der Waals surface area (Å²) in [7, 11) is -1.37. The standard InChI is InChI=1S/C28H35F3N6O4Si/c1-42(2,3)15-14-40-19-37-18-22(28(29,30)31)25-24(6-7-33-26(25)37)41-23-5-4-21(16-20(23)17-32)35-27(38)34-8-9-36-10-12-39-13-11-36/h4-7,16,18H,8-15,19H2,1-3H3,(H2,34,35,38). The molecule has 0 atom stereocenters. The van der Waals surface area contributed by atoms with Gasteiger partial charge in [-0.05, 0) is 30.3 Å². The summed E-state index contributed by atoms with van der Waals surface area (Å²) in [5.74, 6) is -0.0678. The van der Waals surface area contributed by atoms with Gasteiger partial charge in [-0.25, -0.2) is 9.78 Å². The molecule has 2 aromatic heterocycles. The lowest BCUT2D eigenvalue weighted by atomic mass is 10.1. The molecule has 1 aliphatic rings. The molecule has 226 valence electrons. The van der Waals surface area contributed by atoms with Crippen LogP contribution in [0.15, 0.2) is 36.7 Å². The van der Waals surface area contributed by atoms with Crippen molar-refractivity contribution < 1.29 is 32.2 Å². The van der Waals surface area contributed by atoms with E-state index in [0.717, 1.165) is 25.3 Å². The number of halogens is 3. The minimum Gasteiger partial charge on any atom is -0.455 e. The van der Waals surface area contributed by atoms with Crippen molar-refractivity contribution in [3.63, 3.8) is 0 Å². The zero-order chi connectivity index (χ0) is 30.3. The van der Waals surface area contributed by atoms with Gasteiger partial charge in [0.05, 0.1) is 29.7 Å². The van der Waals surface area contributed by atoms with Gasteiger partial charge in [0.2, 0.25) is 0 Å². The fraction of sp³-hybridized carbons (Fsp3) is 0.464. The fourth-order valence-corrected chi connectivity index (χ4v) is 5.11. The number of alkyl halides is 3. The number of pyridine rings is 1. The van der Waals surface area contributed by atoms with Crippen LogP contribution in [0.25, 0.3) is 11.0 Å². The highest BCUT2D eigenvalue weighted by atomic mass is 28.3. The number of aromatic nitrogens is 2. The van der Waals surface area contributed by atoms with Crippen LogP contribution in [0.4, 0.5) is 23.7 Å². The monoisotopic (exact) mass is 604 g/mol. The van der Waals surface area contributed by atoms with E-state index < -0.39 is 25.8 Å². The molecular weight excluding hydrogens is 569 g/mol. The summed E-state index contributed by atoms with van der Waals surface area (Å²) in [6, 6.07) is 8.08. The molecule has 10 nitrogen and oxygen atoms in total. The van der Waals surface area contributed by atoms with Crippen LogP contribution in [0.5, 0.6) is 11.5 Å². The van der Waals surface area contributed by atoms with Gasteiger partial charge in [-0.3, -0.25) is 4.90 Å². The van der Waals surface area contributed by atoms with Gasteiger partial charge in [-0.2, -0.15) is 18.4 Å². The molecule has 4 rings (SSSR count). The molecule has 0 aliphatic carbocycles. The van der Waals surface area contributed by atoms with E-state index >= 15 is 0 Å². The van der Waals surface area contributed by atoms with Crippen molar-refractivity contribution in [2.24, 2.45) is 0 Å². The first kappa shape index (κ1) is 31.3. The van der Waals surface area contributed by atoms with Gasteiger partial charge in [0.25, 0.3) is 0 Å². The lowest BCUT2D eigenvalue weighted by molar-refractivity contribution is -0.136. The van der Waals surface area contributed by atoms with E-state index in [2.05, 4.69) is 40.2 Å². The number of anilines is 1. The normalized spacial score (nSPS) is 14.5. The molecule has 3 heterocycles. The number of hydrogen-bond acceptors (Lipinski definition) is 7. The Morgan fingerprint density at radius 3 is 2.64 bits per heavy atom. The highest BCUT2D eigenvalue weighted by Gasteiger charge is 2.36. The Labute approximate surface area is 243 Å². The number of urea groups is 1. The van der Waals surface area contributed by atoms with Gasteiger partial charge in [-0.1, -0.05) is 19.6 Å². The van der Waals surface area contributed by atoms with E-state index in [9.17, 15) is 23.2 Å². The number of morpholine rings is 1. The highest BCUT2D eigenvalue weighted by molar-refractivity contribution is 6.76. The van der Waals surface area contributed by atoms with Crippen LogP contribution in [-0.2, 0) is 22.4 Å². The largest absolute Gasteiger partial charge is 0.455 e. The van der Waals surface area contributed by atoms with Crippen LogP contribution in [0.3, 0.4) is 0 Å². The number of ether oxygens (including phenoxy) is 3. The summed E-state index contributed by atoms with van der Waals surface area (Å²) in [5.41, 5.74) is -0.493. The summed E-state index contributed by atoms with van der Waals surface area (Å²) < 4.78 is 60.4. The molecule has 0 unspecified atom stereocenters. The summed E-state index contributed by atoms with van der Waals surface area (Å²) >= 11 is 0. The Morgan fingerprint density at radius 2 is 1.95 bits per heavy atom. The first-order valence-electron chi connectivity index (χ1n) is 13.6. The fourth-order valence-electron chi connectivity index (χ4n) is 4.36. The molecule has 2 N–H and O–H groups in total. The lowest BCUT2D eigenvalue weighted by Gasteiger charge is -2.26. The van der Waals surface area contributed by atoms with Crippen molar-refractivity contribution in [3.8, 4) is 17.6 Å². The highest BCUT2D eigenvalue weighted by Crippen LogP contribution is 2.41. The van der Waals surface area contributed by atoms with E-state index in [0.29, 0.717) is 38.6 Å². The Bertz CT molecular complexity index is 1430. The number of amides is 2. The quantitative estimate of drug-likeness (QED) is 0.220. The second-order valence-electron chi connectivity index (χ2n) is 11.1. The van der Waals surface area contributed by atoms with Gasteiger partial charge in [0.15, 0.2) is 0 Å². The Hall–Kier alpha value is -3.64. The number of nitriles is 1. The van der Waals surface area contributed by atoms with Crippen molar-refractivity contribution in [3.05, 3.63) is 47.8 Å². The van der Waals surface area contributed by atoms with Gasteiger partial charge in [0.1, 0.15) is 29.9 Å². The minimum absolute atomic E-state index is 0.0359. The van der Waals surface area contributed by atoms with Crippen LogP contribution < -0.4 is 15.4 Å². The van der Waals surface area contributed by atoms with Crippen LogP contribution in [0.1, 0.15) is 11.1 Å². The predicted molar refractivity (Wildman–Crippen MR) is 154 cm³/mol. The Kier molecular flexibility index (Phi) is 10.1. The van der Waals surface area contributed by atoms with E-state index in [1.165, 1.54) is 35.0 Å². The number of fused-ring (bicyclic) bond motifs is 1. The van der Waals surface area contributed by atoms with Gasteiger partial charge >= 0.3 is 12.2 Å². The van der Waals surface area contributed by atoms with E-state index in [-0.39, 0.29) is 34.8 Å². The smallest absolute Gasteiger partial charge is 0.418 e. The SMILES string of the molecule is C[Si](C)(C)CCOCn1cc(C(F)(F)F)c2c(Oc3ccc(NC(=O)NCCN4CCOCC4)cc3C#N)ccnc21. The number of rotatable bonds is 11. The van der Waals surface area contributed by atoms with Gasteiger partial charge < -0.3 is 29.4 Å². The second-order valence-corrected chi connectivity index (χ2v) is 16.7. The predicted octanol–water partition coefficient (Wildman–Crippen LogP) is 5.49. The molecule has 2 amide bonds. The second kappa shape index (κ2) is 13.6. The zero-order valence-electron chi connectivity index (χ0n) is 23.9. The van der Waals surface area contributed by atoms with Crippen LogP contribution in [0.2, 0.25) is 25.7 Å². The first-order valence-corrected chi connectivity index (χ1v) is 17.3. The number of nitrogens with zero attached hydrogens (tertiary/aromatic N) is 4. The number of carbonyl (C=O) groups is 1. The molecule has 1 saturated heterocycles. The topological polar surface area (TPSA) is 114 Å². The summed E-state index contributed by atoms with van der Waals surface area (Å²) in [6.07, 6.45) is -2.36. The Morgan fingerprint density at radius 1 is 1.19 bits per heavy atom. The molecular formula is C28H35F3N6O4Si. The first-order chi connectivity index (χ1) is 19.9. The van der Waals surface area contributed by atoms with Gasteiger partial charge in [0, 0.05) is 58.9 Å². The maximum Gasteiger partial charge on any atom is 0.418 e. The summed E-state index contributed by atoms with van der Waals surface area (Å²) in [5, 5.41) is 14.9. The zero-order valence-corrected chi connectivity index (χ0v) is 24.9. The minimum atomic E-state index is -4.68. The molecule has 0 bridgehead atoms. The van der Waals surface area contributed by atoms with Crippen LogP contribution in [0, 0.1) is 11.3 Å². The van der Waals surface area contributed by atoms with Crippen LogP contribution in [-0.4, -0.2) is 74.6 Å². The van der Waals surface area contributed by atoms with Crippen molar-refractivity contribution >= 4 is 30.8 Å². The molecule has 1 aliphatic heterocycles. The summed E-state index contributed by atoms with van der Waals surface area (Å²) in [6.45, 7) is 11.0. The number of nitrogens with one attached hydrogen (secondary N) is 2. The maximum atomic E-state index is 14.1. The van der Waals surface area contributed by atoms with Crippen molar-refractivity contribution in [2.75, 3.05) is 51.3 Å². The molecule has 1 fully saturated rings. The van der Waals surface area contributed by atoms with E-state index in [1.807, 2.05) is 6.07 Å². The number of hydrogen-bond donors (Lipinski definition) is 2. The summed E-state index contributed by atoms with van der Waals surface area (Å²) in [4.78, 5) is 18.7. The average molecular weight is 605 g/mol. The Balaban J connectivity index is 1.48. The molecule has 0 radical (unpaired) electrons. The molecule has 42 heavy (non-hydrogen) atoms. The number of carbonyl (C=O) groups excluding carboxylic acids is 1. The van der Waals surface area contributed by atoms with E-state index in [4.69, 9.17) is 14.2 Å².